The van der Waals surface area contributed by atoms with Crippen molar-refractivity contribution in [3.63, 3.8) is 0 Å². The highest BCUT2D eigenvalue weighted by Crippen LogP contribution is 2.25. The number of hydrogen-bond acceptors (Lipinski definition) is 2. The van der Waals surface area contributed by atoms with E-state index in [0.29, 0.717) is 28.6 Å². The van der Waals surface area contributed by atoms with E-state index in [-0.39, 0.29) is 25.0 Å². The summed E-state index contributed by atoms with van der Waals surface area (Å²) in [5.41, 5.74) is 0.658. The molecule has 0 aliphatic rings. The smallest absolute Gasteiger partial charge is 0.227 e. The lowest BCUT2D eigenvalue weighted by Crippen LogP contribution is -2.39. The van der Waals surface area contributed by atoms with Crippen molar-refractivity contribution < 1.29 is 9.90 Å². The SMILES string of the molecule is CC(C)N(CCCO)C(=O)Cc1c(Cl)cccc1Cl. The molecule has 0 spiro atoms. The largest absolute Gasteiger partial charge is 0.396 e. The molecule has 0 fully saturated rings. The Morgan fingerprint density at radius 2 is 1.89 bits per heavy atom. The van der Waals surface area contributed by atoms with Gasteiger partial charge in [-0.2, -0.15) is 0 Å². The summed E-state index contributed by atoms with van der Waals surface area (Å²) in [6, 6.07) is 5.29. The molecule has 0 aliphatic heterocycles. The first kappa shape index (κ1) is 16.3. The minimum atomic E-state index is -0.0292. The van der Waals surface area contributed by atoms with Crippen LogP contribution in [0.1, 0.15) is 25.8 Å². The number of hydrogen-bond donors (Lipinski definition) is 1. The van der Waals surface area contributed by atoms with Gasteiger partial charge in [0.2, 0.25) is 5.91 Å². The van der Waals surface area contributed by atoms with Crippen LogP contribution in [0.25, 0.3) is 0 Å². The van der Waals surface area contributed by atoms with Gasteiger partial charge >= 0.3 is 0 Å². The van der Waals surface area contributed by atoms with E-state index in [9.17, 15) is 4.79 Å². The van der Waals surface area contributed by atoms with Crippen LogP contribution in [0.4, 0.5) is 0 Å². The summed E-state index contributed by atoms with van der Waals surface area (Å²) >= 11 is 12.1. The second-order valence-corrected chi connectivity index (χ2v) is 5.45. The van der Waals surface area contributed by atoms with Gasteiger partial charge in [0.25, 0.3) is 0 Å². The zero-order chi connectivity index (χ0) is 14.4. The molecule has 1 aromatic rings. The number of carbonyl (C=O) groups excluding carboxylic acids is 1. The maximum atomic E-state index is 12.3. The summed E-state index contributed by atoms with van der Waals surface area (Å²) in [5, 5.41) is 9.89. The van der Waals surface area contributed by atoms with E-state index < -0.39 is 0 Å². The van der Waals surface area contributed by atoms with Gasteiger partial charge in [0.15, 0.2) is 0 Å². The molecular weight excluding hydrogens is 285 g/mol. The molecule has 1 N–H and O–H groups in total. The van der Waals surface area contributed by atoms with Gasteiger partial charge in [0.1, 0.15) is 0 Å². The normalized spacial score (nSPS) is 10.8. The first-order chi connectivity index (χ1) is 8.97. The second-order valence-electron chi connectivity index (χ2n) is 4.64. The predicted octanol–water partition coefficient (Wildman–Crippen LogP) is 3.16. The molecule has 1 amide bonds. The van der Waals surface area contributed by atoms with Crippen LogP contribution >= 0.6 is 23.2 Å². The van der Waals surface area contributed by atoms with Crippen molar-refractivity contribution in [2.75, 3.05) is 13.2 Å². The van der Waals surface area contributed by atoms with Crippen molar-refractivity contribution >= 4 is 29.1 Å². The maximum absolute atomic E-state index is 12.3. The van der Waals surface area contributed by atoms with Gasteiger partial charge in [0, 0.05) is 29.2 Å². The first-order valence-corrected chi connectivity index (χ1v) is 7.06. The van der Waals surface area contributed by atoms with Gasteiger partial charge < -0.3 is 10.0 Å². The molecule has 19 heavy (non-hydrogen) atoms. The molecule has 0 saturated carbocycles. The zero-order valence-electron chi connectivity index (χ0n) is 11.2. The van der Waals surface area contributed by atoms with E-state index in [1.54, 1.807) is 23.1 Å². The van der Waals surface area contributed by atoms with Gasteiger partial charge in [-0.1, -0.05) is 29.3 Å². The van der Waals surface area contributed by atoms with Gasteiger partial charge in [-0.05, 0) is 38.0 Å². The number of nitrogens with zero attached hydrogens (tertiary/aromatic N) is 1. The van der Waals surface area contributed by atoms with E-state index in [4.69, 9.17) is 28.3 Å². The van der Waals surface area contributed by atoms with Crippen molar-refractivity contribution in [3.05, 3.63) is 33.8 Å². The number of amides is 1. The maximum Gasteiger partial charge on any atom is 0.227 e. The van der Waals surface area contributed by atoms with Crippen LogP contribution in [0.5, 0.6) is 0 Å². The zero-order valence-corrected chi connectivity index (χ0v) is 12.7. The van der Waals surface area contributed by atoms with Crippen molar-refractivity contribution in [3.8, 4) is 0 Å². The molecule has 0 bridgehead atoms. The molecule has 1 aromatic carbocycles. The number of rotatable bonds is 6. The fraction of sp³-hybridized carbons (Fsp3) is 0.500. The lowest BCUT2D eigenvalue weighted by atomic mass is 10.1. The lowest BCUT2D eigenvalue weighted by Gasteiger charge is -2.27. The number of aliphatic hydroxyl groups excluding tert-OH is 1. The average Bonchev–Trinajstić information content (AvgIpc) is 2.34. The molecule has 0 aliphatic carbocycles. The summed E-state index contributed by atoms with van der Waals surface area (Å²) in [5.74, 6) is -0.0292. The van der Waals surface area contributed by atoms with E-state index in [2.05, 4.69) is 0 Å². The standard InChI is InChI=1S/C14H19Cl2NO2/c1-10(2)17(7-4-8-18)14(19)9-11-12(15)5-3-6-13(11)16/h3,5-6,10,18H,4,7-9H2,1-2H3. The third-order valence-corrected chi connectivity index (χ3v) is 3.60. The van der Waals surface area contributed by atoms with Gasteiger partial charge in [-0.3, -0.25) is 4.79 Å². The average molecular weight is 304 g/mol. The van der Waals surface area contributed by atoms with Crippen LogP contribution in [-0.4, -0.2) is 35.1 Å². The van der Waals surface area contributed by atoms with Crippen LogP contribution in [-0.2, 0) is 11.2 Å². The number of halogens is 2. The highest BCUT2D eigenvalue weighted by atomic mass is 35.5. The molecule has 0 radical (unpaired) electrons. The molecule has 0 atom stereocenters. The molecular formula is C14H19Cl2NO2. The molecule has 0 heterocycles. The third-order valence-electron chi connectivity index (χ3n) is 2.89. The van der Waals surface area contributed by atoms with E-state index in [1.165, 1.54) is 0 Å². The minimum Gasteiger partial charge on any atom is -0.396 e. The molecule has 0 unspecified atom stereocenters. The third kappa shape index (κ3) is 4.68. The molecule has 106 valence electrons. The van der Waals surface area contributed by atoms with Crippen LogP contribution in [0, 0.1) is 0 Å². The monoisotopic (exact) mass is 303 g/mol. The Bertz CT molecular complexity index is 415. The quantitative estimate of drug-likeness (QED) is 0.877. The highest BCUT2D eigenvalue weighted by molar-refractivity contribution is 6.36. The summed E-state index contributed by atoms with van der Waals surface area (Å²) in [6.07, 6.45) is 0.752. The summed E-state index contributed by atoms with van der Waals surface area (Å²) < 4.78 is 0. The Morgan fingerprint density at radius 1 is 1.32 bits per heavy atom. The van der Waals surface area contributed by atoms with Gasteiger partial charge in [-0.25, -0.2) is 0 Å². The fourth-order valence-corrected chi connectivity index (χ4v) is 2.40. The van der Waals surface area contributed by atoms with Crippen molar-refractivity contribution in [2.45, 2.75) is 32.7 Å². The van der Waals surface area contributed by atoms with Gasteiger partial charge in [0.05, 0.1) is 6.42 Å². The summed E-state index contributed by atoms with van der Waals surface area (Å²) in [4.78, 5) is 14.0. The van der Waals surface area contributed by atoms with Crippen molar-refractivity contribution in [2.24, 2.45) is 0 Å². The lowest BCUT2D eigenvalue weighted by molar-refractivity contribution is -0.132. The fourth-order valence-electron chi connectivity index (χ4n) is 1.87. The van der Waals surface area contributed by atoms with E-state index >= 15 is 0 Å². The Balaban J connectivity index is 2.81. The Hall–Kier alpha value is -0.770. The first-order valence-electron chi connectivity index (χ1n) is 6.30. The molecule has 3 nitrogen and oxygen atoms in total. The summed E-state index contributed by atoms with van der Waals surface area (Å²) in [6.45, 7) is 4.51. The Morgan fingerprint density at radius 3 is 2.37 bits per heavy atom. The minimum absolute atomic E-state index is 0.0292. The number of carbonyl (C=O) groups is 1. The molecule has 5 heteroatoms. The predicted molar refractivity (Wildman–Crippen MR) is 78.7 cm³/mol. The van der Waals surface area contributed by atoms with E-state index in [1.807, 2.05) is 13.8 Å². The Labute approximate surface area is 124 Å². The Kier molecular flexibility index (Phi) is 6.63. The topological polar surface area (TPSA) is 40.5 Å². The van der Waals surface area contributed by atoms with E-state index in [0.717, 1.165) is 0 Å². The number of benzene rings is 1. The molecule has 0 aromatic heterocycles. The van der Waals surface area contributed by atoms with Crippen LogP contribution in [0.15, 0.2) is 18.2 Å². The van der Waals surface area contributed by atoms with Crippen LogP contribution in [0.2, 0.25) is 10.0 Å². The van der Waals surface area contributed by atoms with Crippen molar-refractivity contribution in [1.29, 1.82) is 0 Å². The van der Waals surface area contributed by atoms with Gasteiger partial charge in [-0.15, -0.1) is 0 Å². The molecule has 0 saturated heterocycles. The molecule has 1 rings (SSSR count). The highest BCUT2D eigenvalue weighted by Gasteiger charge is 2.19. The summed E-state index contributed by atoms with van der Waals surface area (Å²) in [7, 11) is 0. The van der Waals surface area contributed by atoms with Crippen molar-refractivity contribution in [1.82, 2.24) is 4.90 Å². The number of aliphatic hydroxyl groups is 1. The second kappa shape index (κ2) is 7.73. The van der Waals surface area contributed by atoms with Crippen LogP contribution in [0.3, 0.4) is 0 Å². The van der Waals surface area contributed by atoms with Crippen LogP contribution < -0.4 is 0 Å².